The molecule has 3 aromatic rings. The number of hydrogen-bond donors (Lipinski definition) is 4. The van der Waals surface area contributed by atoms with E-state index in [1.54, 1.807) is 0 Å². The number of hydrogen-bond acceptors (Lipinski definition) is 3. The van der Waals surface area contributed by atoms with Crippen LogP contribution in [-0.4, -0.2) is 26.5 Å². The summed E-state index contributed by atoms with van der Waals surface area (Å²) in [5.74, 6) is 0. The number of anilines is 2. The van der Waals surface area contributed by atoms with Gasteiger partial charge in [-0.05, 0) is 49.5 Å². The molecule has 28 heavy (non-hydrogen) atoms. The van der Waals surface area contributed by atoms with Crippen molar-refractivity contribution in [3.63, 3.8) is 0 Å². The Hall–Kier alpha value is -3.05. The molecule has 0 atom stereocenters. The molecule has 0 bridgehead atoms. The Morgan fingerprint density at radius 2 is 1.61 bits per heavy atom. The first-order valence-corrected chi connectivity index (χ1v) is 9.38. The van der Waals surface area contributed by atoms with Crippen molar-refractivity contribution in [2.45, 2.75) is 11.1 Å². The average Bonchev–Trinajstić information content (AvgIpc) is 3.05. The lowest BCUT2D eigenvalue weighted by Crippen LogP contribution is -2.19. The molecule has 0 saturated heterocycles. The fourth-order valence-electron chi connectivity index (χ4n) is 2.55. The maximum atomic E-state index is 12.6. The van der Waals surface area contributed by atoms with Crippen LogP contribution in [0.5, 0.6) is 0 Å². The Labute approximate surface area is 158 Å². The summed E-state index contributed by atoms with van der Waals surface area (Å²) >= 11 is 0. The highest BCUT2D eigenvalue weighted by molar-refractivity contribution is 7.89. The van der Waals surface area contributed by atoms with Crippen molar-refractivity contribution in [3.8, 4) is 0 Å². The summed E-state index contributed by atoms with van der Waals surface area (Å²) in [7, 11) is -2.33. The van der Waals surface area contributed by atoms with Crippen molar-refractivity contribution >= 4 is 38.3 Å². The van der Waals surface area contributed by atoms with Gasteiger partial charge in [0.25, 0.3) is 0 Å². The number of alkyl halides is 3. The molecule has 1 heterocycles. The molecule has 0 unspecified atom stereocenters. The third-order valence-electron chi connectivity index (χ3n) is 3.93. The number of sulfonamides is 1. The van der Waals surface area contributed by atoms with E-state index >= 15 is 0 Å². The first-order valence-electron chi connectivity index (χ1n) is 7.90. The maximum absolute atomic E-state index is 12.6. The number of rotatable bonds is 4. The van der Waals surface area contributed by atoms with E-state index < -0.39 is 27.8 Å². The van der Waals surface area contributed by atoms with Crippen molar-refractivity contribution in [1.29, 1.82) is 0 Å². The van der Waals surface area contributed by atoms with Gasteiger partial charge >= 0.3 is 12.2 Å². The van der Waals surface area contributed by atoms with E-state index in [0.29, 0.717) is 16.6 Å². The Morgan fingerprint density at radius 1 is 1.00 bits per heavy atom. The van der Waals surface area contributed by atoms with Crippen LogP contribution in [0.1, 0.15) is 5.56 Å². The molecular weight excluding hydrogens is 397 g/mol. The minimum Gasteiger partial charge on any atom is -0.360 e. The van der Waals surface area contributed by atoms with Crippen molar-refractivity contribution in [2.75, 3.05) is 17.7 Å². The molecule has 0 saturated carbocycles. The quantitative estimate of drug-likeness (QED) is 0.525. The zero-order valence-electron chi connectivity index (χ0n) is 14.4. The van der Waals surface area contributed by atoms with Gasteiger partial charge in [-0.3, -0.25) is 0 Å². The lowest BCUT2D eigenvalue weighted by atomic mass is 10.2. The largest absolute Gasteiger partial charge is 0.416 e. The van der Waals surface area contributed by atoms with Gasteiger partial charge in [0, 0.05) is 28.5 Å². The molecule has 0 aliphatic rings. The van der Waals surface area contributed by atoms with E-state index in [0.717, 1.165) is 24.3 Å². The molecule has 3 rings (SSSR count). The number of carbonyl (C=O) groups is 1. The van der Waals surface area contributed by atoms with Gasteiger partial charge in [0.15, 0.2) is 0 Å². The predicted octanol–water partition coefficient (Wildman–Crippen LogP) is 3.74. The zero-order chi connectivity index (χ0) is 20.5. The number of halogens is 3. The Bertz CT molecular complexity index is 1120. The van der Waals surface area contributed by atoms with Crippen LogP contribution in [0.3, 0.4) is 0 Å². The maximum Gasteiger partial charge on any atom is 0.416 e. The summed E-state index contributed by atoms with van der Waals surface area (Å²) in [5, 5.41) is 5.40. The van der Waals surface area contributed by atoms with Crippen LogP contribution in [0.15, 0.2) is 53.6 Å². The highest BCUT2D eigenvalue weighted by atomic mass is 32.2. The number of benzene rings is 2. The molecule has 2 aromatic carbocycles. The molecule has 2 amide bonds. The molecule has 0 aliphatic heterocycles. The van der Waals surface area contributed by atoms with Gasteiger partial charge in [-0.1, -0.05) is 0 Å². The van der Waals surface area contributed by atoms with Gasteiger partial charge in [0.1, 0.15) is 4.90 Å². The molecule has 148 valence electrons. The molecule has 0 aliphatic carbocycles. The van der Waals surface area contributed by atoms with Gasteiger partial charge in [-0.25, -0.2) is 17.9 Å². The molecule has 0 fully saturated rings. The third kappa shape index (κ3) is 4.10. The summed E-state index contributed by atoms with van der Waals surface area (Å²) in [6, 6.07) is 7.94. The van der Waals surface area contributed by atoms with Crippen LogP contribution in [0, 0.1) is 0 Å². The van der Waals surface area contributed by atoms with Crippen molar-refractivity contribution in [1.82, 2.24) is 9.71 Å². The van der Waals surface area contributed by atoms with E-state index in [-0.39, 0.29) is 10.6 Å². The molecule has 0 radical (unpaired) electrons. The van der Waals surface area contributed by atoms with Crippen LogP contribution in [-0.2, 0) is 16.2 Å². The molecular formula is C17H15F3N4O3S. The van der Waals surface area contributed by atoms with E-state index in [4.69, 9.17) is 0 Å². The van der Waals surface area contributed by atoms with Gasteiger partial charge in [0.2, 0.25) is 10.0 Å². The standard InChI is InChI=1S/C17H15F3N4O3S/c1-21-28(26,27)15-9-22-14-8-12(6-7-13(14)15)24-16(25)23-11-4-2-10(3-5-11)17(18,19)20/h2-9,21-22H,1H3,(H2,23,24,25). The van der Waals surface area contributed by atoms with Crippen molar-refractivity contribution < 1.29 is 26.4 Å². The molecule has 4 N–H and O–H groups in total. The van der Waals surface area contributed by atoms with Crippen LogP contribution in [0.2, 0.25) is 0 Å². The fourth-order valence-corrected chi connectivity index (χ4v) is 3.45. The molecule has 11 heteroatoms. The van der Waals surface area contributed by atoms with Gasteiger partial charge in [-0.15, -0.1) is 0 Å². The highest BCUT2D eigenvalue weighted by Crippen LogP contribution is 2.30. The van der Waals surface area contributed by atoms with E-state index in [2.05, 4.69) is 20.3 Å². The number of amides is 2. The first-order chi connectivity index (χ1) is 13.1. The number of H-pyrrole nitrogens is 1. The first kappa shape index (κ1) is 19.7. The highest BCUT2D eigenvalue weighted by Gasteiger charge is 2.30. The number of urea groups is 1. The van der Waals surface area contributed by atoms with E-state index in [1.165, 1.54) is 31.4 Å². The minimum atomic E-state index is -4.45. The van der Waals surface area contributed by atoms with Crippen LogP contribution < -0.4 is 15.4 Å². The lowest BCUT2D eigenvalue weighted by Gasteiger charge is -2.10. The monoisotopic (exact) mass is 412 g/mol. The smallest absolute Gasteiger partial charge is 0.360 e. The van der Waals surface area contributed by atoms with Gasteiger partial charge in [-0.2, -0.15) is 13.2 Å². The number of nitrogens with one attached hydrogen (secondary N) is 4. The van der Waals surface area contributed by atoms with Crippen molar-refractivity contribution in [2.24, 2.45) is 0 Å². The number of aromatic nitrogens is 1. The Balaban J connectivity index is 1.73. The Morgan fingerprint density at radius 3 is 2.21 bits per heavy atom. The molecule has 7 nitrogen and oxygen atoms in total. The van der Waals surface area contributed by atoms with Crippen LogP contribution >= 0.6 is 0 Å². The lowest BCUT2D eigenvalue weighted by molar-refractivity contribution is -0.137. The summed E-state index contributed by atoms with van der Waals surface area (Å²) in [6.45, 7) is 0. The topological polar surface area (TPSA) is 103 Å². The summed E-state index contributed by atoms with van der Waals surface area (Å²) in [6.07, 6.45) is -3.12. The predicted molar refractivity (Wildman–Crippen MR) is 98.6 cm³/mol. The summed E-state index contributed by atoms with van der Waals surface area (Å²) in [4.78, 5) is 14.9. The molecule has 1 aromatic heterocycles. The van der Waals surface area contributed by atoms with Crippen LogP contribution in [0.4, 0.5) is 29.3 Å². The fraction of sp³-hybridized carbons (Fsp3) is 0.118. The van der Waals surface area contributed by atoms with E-state index in [9.17, 15) is 26.4 Å². The second-order valence-electron chi connectivity index (χ2n) is 5.78. The van der Waals surface area contributed by atoms with Gasteiger partial charge < -0.3 is 15.6 Å². The van der Waals surface area contributed by atoms with Gasteiger partial charge in [0.05, 0.1) is 5.56 Å². The molecule has 0 spiro atoms. The average molecular weight is 412 g/mol. The van der Waals surface area contributed by atoms with Crippen LogP contribution in [0.25, 0.3) is 10.9 Å². The Kier molecular flexibility index (Phi) is 5.04. The third-order valence-corrected chi connectivity index (χ3v) is 5.38. The zero-order valence-corrected chi connectivity index (χ0v) is 15.2. The normalized spacial score (nSPS) is 12.1. The summed E-state index contributed by atoms with van der Waals surface area (Å²) < 4.78 is 63.8. The second kappa shape index (κ2) is 7.17. The van der Waals surface area contributed by atoms with E-state index in [1.807, 2.05) is 0 Å². The van der Waals surface area contributed by atoms with Crippen molar-refractivity contribution in [3.05, 3.63) is 54.2 Å². The second-order valence-corrected chi connectivity index (χ2v) is 7.63. The SMILES string of the molecule is CNS(=O)(=O)c1c[nH]c2cc(NC(=O)Nc3ccc(C(F)(F)F)cc3)ccc12. The summed E-state index contributed by atoms with van der Waals surface area (Å²) in [5.41, 5.74) is 0.227. The minimum absolute atomic E-state index is 0.0748. The number of fused-ring (bicyclic) bond motifs is 1. The number of carbonyl (C=O) groups excluding carboxylic acids is 1. The number of aromatic amines is 1.